The van der Waals surface area contributed by atoms with Crippen molar-refractivity contribution in [3.63, 3.8) is 0 Å². The van der Waals surface area contributed by atoms with Crippen LogP contribution in [0.4, 0.5) is 0 Å². The molecule has 124 valence electrons. The van der Waals surface area contributed by atoms with E-state index < -0.39 is 0 Å². The zero-order chi connectivity index (χ0) is 16.4. The van der Waals surface area contributed by atoms with Crippen LogP contribution in [0, 0.1) is 0 Å². The van der Waals surface area contributed by atoms with Gasteiger partial charge in [-0.25, -0.2) is 0 Å². The third kappa shape index (κ3) is 3.00. The number of rotatable bonds is 5. The van der Waals surface area contributed by atoms with Crippen LogP contribution in [0.5, 0.6) is 0 Å². The molecule has 0 aliphatic carbocycles. The summed E-state index contributed by atoms with van der Waals surface area (Å²) < 4.78 is 7.02. The molecule has 0 bridgehead atoms. The third-order valence-electron chi connectivity index (χ3n) is 4.23. The summed E-state index contributed by atoms with van der Waals surface area (Å²) in [6, 6.07) is 1.92. The lowest BCUT2D eigenvalue weighted by Gasteiger charge is -2.23. The second-order valence-corrected chi connectivity index (χ2v) is 6.19. The zero-order valence-electron chi connectivity index (χ0n) is 13.5. The summed E-state index contributed by atoms with van der Waals surface area (Å²) in [7, 11) is 0. The topological polar surface area (TPSA) is 64.2 Å². The van der Waals surface area contributed by atoms with E-state index in [1.807, 2.05) is 17.9 Å². The molecular formula is C16H21ClN4O2. The molecule has 1 amide bonds. The molecule has 1 saturated heterocycles. The minimum absolute atomic E-state index is 0.0480. The number of hydrogen-bond acceptors (Lipinski definition) is 4. The number of halogens is 1. The number of aromatic nitrogens is 3. The minimum atomic E-state index is -0.0862. The lowest BCUT2D eigenvalue weighted by Crippen LogP contribution is -2.32. The largest absolute Gasteiger partial charge is 0.361 e. The van der Waals surface area contributed by atoms with Crippen LogP contribution in [-0.4, -0.2) is 32.3 Å². The molecule has 1 aliphatic heterocycles. The van der Waals surface area contributed by atoms with Crippen LogP contribution < -0.4 is 0 Å². The fourth-order valence-corrected chi connectivity index (χ4v) is 3.34. The smallest absolute Gasteiger partial charge is 0.274 e. The maximum absolute atomic E-state index is 12.9. The summed E-state index contributed by atoms with van der Waals surface area (Å²) in [5.41, 5.74) is 1.29. The molecule has 0 N–H and O–H groups in total. The van der Waals surface area contributed by atoms with Crippen LogP contribution in [0.15, 0.2) is 16.8 Å². The fraction of sp³-hybridized carbons (Fsp3) is 0.562. The monoisotopic (exact) mass is 336 g/mol. The van der Waals surface area contributed by atoms with Gasteiger partial charge in [0.25, 0.3) is 5.91 Å². The molecule has 7 heteroatoms. The Bertz CT molecular complexity index is 694. The number of carbonyl (C=O) groups excluding carboxylic acids is 1. The van der Waals surface area contributed by atoms with E-state index >= 15 is 0 Å². The van der Waals surface area contributed by atoms with Gasteiger partial charge in [-0.1, -0.05) is 23.7 Å². The van der Waals surface area contributed by atoms with E-state index in [4.69, 9.17) is 16.1 Å². The standard InChI is InChI=1S/C16H21ClN4O2/c1-3-6-11-9-13(19-23-11)14-7-5-8-20(14)16(22)15-12(17)10-18-21(15)4-2/h9-10,14H,3-8H2,1-2H3/t14-/m1/s1. The average molecular weight is 337 g/mol. The lowest BCUT2D eigenvalue weighted by molar-refractivity contribution is 0.0718. The Balaban J connectivity index is 1.85. The van der Waals surface area contributed by atoms with Crippen molar-refractivity contribution in [2.75, 3.05) is 6.54 Å². The van der Waals surface area contributed by atoms with E-state index in [2.05, 4.69) is 17.2 Å². The first-order valence-corrected chi connectivity index (χ1v) is 8.51. The summed E-state index contributed by atoms with van der Waals surface area (Å²) in [6.45, 7) is 5.35. The molecule has 1 aliphatic rings. The molecule has 1 fully saturated rings. The van der Waals surface area contributed by atoms with E-state index in [1.165, 1.54) is 6.20 Å². The molecule has 0 spiro atoms. The summed E-state index contributed by atoms with van der Waals surface area (Å²) >= 11 is 6.17. The Morgan fingerprint density at radius 2 is 2.30 bits per heavy atom. The predicted molar refractivity (Wildman–Crippen MR) is 86.4 cm³/mol. The van der Waals surface area contributed by atoms with Crippen molar-refractivity contribution in [3.05, 3.63) is 34.4 Å². The van der Waals surface area contributed by atoms with Gasteiger partial charge >= 0.3 is 0 Å². The fourth-order valence-electron chi connectivity index (χ4n) is 3.12. The van der Waals surface area contributed by atoms with E-state index in [1.54, 1.807) is 4.68 Å². The normalized spacial score (nSPS) is 17.9. The third-order valence-corrected chi connectivity index (χ3v) is 4.50. The van der Waals surface area contributed by atoms with E-state index in [0.717, 1.165) is 37.1 Å². The minimum Gasteiger partial charge on any atom is -0.361 e. The van der Waals surface area contributed by atoms with Crippen molar-refractivity contribution in [2.24, 2.45) is 0 Å². The molecule has 1 atom stereocenters. The van der Waals surface area contributed by atoms with Gasteiger partial charge in [0.15, 0.2) is 0 Å². The van der Waals surface area contributed by atoms with Gasteiger partial charge < -0.3 is 9.42 Å². The van der Waals surface area contributed by atoms with Crippen molar-refractivity contribution in [2.45, 2.75) is 52.1 Å². The SMILES string of the molecule is CCCc1cc([C@H]2CCCN2C(=O)c2c(Cl)cnn2CC)no1. The highest BCUT2D eigenvalue weighted by molar-refractivity contribution is 6.33. The number of aryl methyl sites for hydroxylation is 2. The quantitative estimate of drug-likeness (QED) is 0.838. The first-order chi connectivity index (χ1) is 11.2. The van der Waals surface area contributed by atoms with Gasteiger partial charge in [0.1, 0.15) is 17.1 Å². The maximum Gasteiger partial charge on any atom is 0.274 e. The van der Waals surface area contributed by atoms with Gasteiger partial charge in [-0.05, 0) is 26.2 Å². The average Bonchev–Trinajstić information content (AvgIpc) is 3.25. The van der Waals surface area contributed by atoms with Gasteiger partial charge in [-0.2, -0.15) is 5.10 Å². The van der Waals surface area contributed by atoms with Crippen LogP contribution in [0.1, 0.15) is 61.1 Å². The molecule has 23 heavy (non-hydrogen) atoms. The zero-order valence-corrected chi connectivity index (χ0v) is 14.2. The lowest BCUT2D eigenvalue weighted by atomic mass is 10.1. The highest BCUT2D eigenvalue weighted by atomic mass is 35.5. The summed E-state index contributed by atoms with van der Waals surface area (Å²) in [5, 5.41) is 8.73. The number of hydrogen-bond donors (Lipinski definition) is 0. The number of carbonyl (C=O) groups is 1. The second-order valence-electron chi connectivity index (χ2n) is 5.78. The molecule has 2 aromatic rings. The molecule has 2 aromatic heterocycles. The first kappa shape index (κ1) is 16.1. The van der Waals surface area contributed by atoms with Crippen molar-refractivity contribution in [1.82, 2.24) is 19.8 Å². The molecular weight excluding hydrogens is 316 g/mol. The molecule has 6 nitrogen and oxygen atoms in total. The van der Waals surface area contributed by atoms with Gasteiger partial charge in [-0.3, -0.25) is 9.48 Å². The van der Waals surface area contributed by atoms with Gasteiger partial charge in [0, 0.05) is 25.6 Å². The summed E-state index contributed by atoms with van der Waals surface area (Å²) in [4.78, 5) is 14.8. The Hall–Kier alpha value is -1.82. The maximum atomic E-state index is 12.9. The number of likely N-dealkylation sites (tertiary alicyclic amines) is 1. The van der Waals surface area contributed by atoms with E-state index in [9.17, 15) is 4.79 Å². The second kappa shape index (κ2) is 6.74. The van der Waals surface area contributed by atoms with E-state index in [-0.39, 0.29) is 11.9 Å². The van der Waals surface area contributed by atoms with Crippen molar-refractivity contribution >= 4 is 17.5 Å². The molecule has 0 unspecified atom stereocenters. The number of amides is 1. The van der Waals surface area contributed by atoms with Gasteiger partial charge in [0.05, 0.1) is 17.3 Å². The Labute approximate surface area is 140 Å². The van der Waals surface area contributed by atoms with Crippen molar-refractivity contribution in [3.8, 4) is 0 Å². The Morgan fingerprint density at radius 3 is 3.04 bits per heavy atom. The van der Waals surface area contributed by atoms with Gasteiger partial charge in [0.2, 0.25) is 0 Å². The molecule has 3 rings (SSSR count). The van der Waals surface area contributed by atoms with Gasteiger partial charge in [-0.15, -0.1) is 0 Å². The van der Waals surface area contributed by atoms with Crippen LogP contribution in [0.2, 0.25) is 5.02 Å². The molecule has 0 radical (unpaired) electrons. The molecule has 0 aromatic carbocycles. The predicted octanol–water partition coefficient (Wildman–Crippen LogP) is 3.47. The van der Waals surface area contributed by atoms with Crippen LogP contribution >= 0.6 is 11.6 Å². The summed E-state index contributed by atoms with van der Waals surface area (Å²) in [6.07, 6.45) is 5.24. The highest BCUT2D eigenvalue weighted by Gasteiger charge is 2.35. The van der Waals surface area contributed by atoms with Crippen molar-refractivity contribution < 1.29 is 9.32 Å². The van der Waals surface area contributed by atoms with Crippen LogP contribution in [-0.2, 0) is 13.0 Å². The van der Waals surface area contributed by atoms with Crippen LogP contribution in [0.25, 0.3) is 0 Å². The Morgan fingerprint density at radius 1 is 1.48 bits per heavy atom. The highest BCUT2D eigenvalue weighted by Crippen LogP contribution is 2.34. The molecule has 0 saturated carbocycles. The molecule has 3 heterocycles. The van der Waals surface area contributed by atoms with Crippen molar-refractivity contribution in [1.29, 1.82) is 0 Å². The number of nitrogens with zero attached hydrogens (tertiary/aromatic N) is 4. The van der Waals surface area contributed by atoms with E-state index in [0.29, 0.717) is 23.8 Å². The van der Waals surface area contributed by atoms with Crippen LogP contribution in [0.3, 0.4) is 0 Å². The summed E-state index contributed by atoms with van der Waals surface area (Å²) in [5.74, 6) is 0.787. The first-order valence-electron chi connectivity index (χ1n) is 8.13. The Kier molecular flexibility index (Phi) is 4.71.